The molecule has 0 N–H and O–H groups in total. The molecule has 0 heteroatoms. The minimum absolute atomic E-state index is 0.984. The fourth-order valence-corrected chi connectivity index (χ4v) is 3.03. The van der Waals surface area contributed by atoms with E-state index in [1.165, 1.54) is 44.5 Å². The highest BCUT2D eigenvalue weighted by atomic mass is 14.1. The first-order chi connectivity index (χ1) is 12.4. The summed E-state index contributed by atoms with van der Waals surface area (Å²) in [6.45, 7) is 16.6. The minimum Gasteiger partial charge on any atom is -0.0991 e. The normalized spacial score (nSPS) is 12.2. The Bertz CT molecular complexity index is 842. The van der Waals surface area contributed by atoms with Crippen molar-refractivity contribution in [2.24, 2.45) is 0 Å². The monoisotopic (exact) mass is 342 g/mol. The number of hydrogen-bond donors (Lipinski definition) is 0. The van der Waals surface area contributed by atoms with Gasteiger partial charge in [-0.2, -0.15) is 0 Å². The minimum atomic E-state index is 0.984. The van der Waals surface area contributed by atoms with Crippen molar-refractivity contribution in [1.29, 1.82) is 0 Å². The van der Waals surface area contributed by atoms with E-state index in [4.69, 9.17) is 0 Å². The molecule has 0 aliphatic heterocycles. The molecule has 2 rings (SSSR count). The smallest absolute Gasteiger partial charge is 0.0227 e. The molecule has 2 aromatic rings. The summed E-state index contributed by atoms with van der Waals surface area (Å²) in [6, 6.07) is 15.5. The molecule has 0 spiro atoms. The highest BCUT2D eigenvalue weighted by molar-refractivity contribution is 5.70. The molecule has 0 aliphatic carbocycles. The molecule has 0 aliphatic rings. The van der Waals surface area contributed by atoms with Crippen LogP contribution in [0.2, 0.25) is 0 Å². The number of benzene rings is 2. The molecule has 0 radical (unpaired) electrons. The van der Waals surface area contributed by atoms with Crippen LogP contribution < -0.4 is 0 Å². The lowest BCUT2D eigenvalue weighted by Gasteiger charge is -2.09. The second-order valence-corrected chi connectivity index (χ2v) is 7.07. The molecule has 0 fully saturated rings. The molecule has 0 atom stereocenters. The quantitative estimate of drug-likeness (QED) is 0.457. The zero-order valence-electron chi connectivity index (χ0n) is 16.6. The van der Waals surface area contributed by atoms with E-state index in [1.807, 2.05) is 12.2 Å². The lowest BCUT2D eigenvalue weighted by Crippen LogP contribution is -1.91. The molecular formula is C26H30. The highest BCUT2D eigenvalue weighted by Gasteiger charge is 2.03. The predicted octanol–water partition coefficient (Wildman–Crippen LogP) is 7.49. The molecule has 0 aromatic heterocycles. The van der Waals surface area contributed by atoms with Gasteiger partial charge in [0.15, 0.2) is 0 Å². The maximum Gasteiger partial charge on any atom is -0.0227 e. The number of aryl methyl sites for hydroxylation is 3. The summed E-state index contributed by atoms with van der Waals surface area (Å²) in [4.78, 5) is 0. The third-order valence-corrected chi connectivity index (χ3v) is 4.86. The summed E-state index contributed by atoms with van der Waals surface area (Å²) >= 11 is 0. The van der Waals surface area contributed by atoms with Crippen LogP contribution in [0.25, 0.3) is 11.1 Å². The zero-order chi connectivity index (χ0) is 19.1. The van der Waals surface area contributed by atoms with Crippen molar-refractivity contribution >= 4 is 11.1 Å². The summed E-state index contributed by atoms with van der Waals surface area (Å²) in [6.07, 6.45) is 8.05. The van der Waals surface area contributed by atoms with Gasteiger partial charge < -0.3 is 0 Å². The maximum atomic E-state index is 4.29. The van der Waals surface area contributed by atoms with Gasteiger partial charge in [-0.25, -0.2) is 0 Å². The van der Waals surface area contributed by atoms with Crippen molar-refractivity contribution in [3.8, 4) is 0 Å². The Morgan fingerprint density at radius 2 is 1.58 bits per heavy atom. The van der Waals surface area contributed by atoms with Crippen LogP contribution in [0.5, 0.6) is 0 Å². The van der Waals surface area contributed by atoms with Gasteiger partial charge in [0.25, 0.3) is 0 Å². The van der Waals surface area contributed by atoms with Crippen molar-refractivity contribution in [2.45, 2.75) is 40.5 Å². The molecule has 0 bridgehead atoms. The van der Waals surface area contributed by atoms with Crippen molar-refractivity contribution < 1.29 is 0 Å². The summed E-state index contributed by atoms with van der Waals surface area (Å²) in [5.74, 6) is 0. The third-order valence-electron chi connectivity index (χ3n) is 4.86. The molecule has 0 unspecified atom stereocenters. The first kappa shape index (κ1) is 19.7. The SMILES string of the molecule is C=C/C=C(C)\C=C(/C)c1ccc(C(=C)CCc2ccc(C)c(C)c2)cc1. The molecular weight excluding hydrogens is 312 g/mol. The number of hydrogen-bond acceptors (Lipinski definition) is 0. The van der Waals surface area contributed by atoms with Gasteiger partial charge in [0.05, 0.1) is 0 Å². The number of rotatable bonds is 7. The molecule has 26 heavy (non-hydrogen) atoms. The van der Waals surface area contributed by atoms with Crippen LogP contribution in [0.4, 0.5) is 0 Å². The van der Waals surface area contributed by atoms with Crippen molar-refractivity contribution in [3.63, 3.8) is 0 Å². The Labute approximate surface area is 159 Å². The Morgan fingerprint density at radius 3 is 2.19 bits per heavy atom. The molecule has 2 aromatic carbocycles. The second-order valence-electron chi connectivity index (χ2n) is 7.07. The van der Waals surface area contributed by atoms with Crippen LogP contribution in [0.15, 0.2) is 79.4 Å². The lowest BCUT2D eigenvalue weighted by molar-refractivity contribution is 1.01. The molecule has 0 nitrogen and oxygen atoms in total. The average Bonchev–Trinajstić information content (AvgIpc) is 2.62. The first-order valence-corrected chi connectivity index (χ1v) is 9.23. The van der Waals surface area contributed by atoms with E-state index < -0.39 is 0 Å². The largest absolute Gasteiger partial charge is 0.0991 e. The van der Waals surface area contributed by atoms with Crippen LogP contribution >= 0.6 is 0 Å². The fraction of sp³-hybridized carbons (Fsp3) is 0.231. The average molecular weight is 343 g/mol. The second kappa shape index (κ2) is 9.20. The highest BCUT2D eigenvalue weighted by Crippen LogP contribution is 2.23. The predicted molar refractivity (Wildman–Crippen MR) is 117 cm³/mol. The van der Waals surface area contributed by atoms with Crippen molar-refractivity contribution in [3.05, 3.63) is 107 Å². The van der Waals surface area contributed by atoms with Gasteiger partial charge in [-0.05, 0) is 79.5 Å². The van der Waals surface area contributed by atoms with E-state index in [1.54, 1.807) is 0 Å². The zero-order valence-corrected chi connectivity index (χ0v) is 16.6. The summed E-state index contributed by atoms with van der Waals surface area (Å²) in [5.41, 5.74) is 10.2. The van der Waals surface area contributed by atoms with E-state index in [0.717, 1.165) is 12.8 Å². The van der Waals surface area contributed by atoms with Gasteiger partial charge in [-0.15, -0.1) is 0 Å². The lowest BCUT2D eigenvalue weighted by atomic mass is 9.96. The third kappa shape index (κ3) is 5.46. The summed E-state index contributed by atoms with van der Waals surface area (Å²) in [5, 5.41) is 0. The summed E-state index contributed by atoms with van der Waals surface area (Å²) in [7, 11) is 0. The van der Waals surface area contributed by atoms with E-state index in [0.29, 0.717) is 0 Å². The fourth-order valence-electron chi connectivity index (χ4n) is 3.03. The van der Waals surface area contributed by atoms with Gasteiger partial charge in [0.1, 0.15) is 0 Å². The van der Waals surface area contributed by atoms with E-state index >= 15 is 0 Å². The van der Waals surface area contributed by atoms with E-state index in [9.17, 15) is 0 Å². The Hall–Kier alpha value is -2.60. The molecule has 0 saturated heterocycles. The van der Waals surface area contributed by atoms with Crippen LogP contribution in [0.1, 0.15) is 48.1 Å². The molecule has 0 heterocycles. The van der Waals surface area contributed by atoms with Gasteiger partial charge in [0, 0.05) is 0 Å². The number of allylic oxidation sites excluding steroid dienone is 6. The maximum absolute atomic E-state index is 4.29. The topological polar surface area (TPSA) is 0 Å². The first-order valence-electron chi connectivity index (χ1n) is 9.23. The van der Waals surface area contributed by atoms with E-state index in [2.05, 4.69) is 89.4 Å². The Kier molecular flexibility index (Phi) is 6.97. The standard InChI is InChI=1S/C26H30/c1-7-8-19(2)17-23(6)26-15-13-25(14-16-26)21(4)10-12-24-11-9-20(3)22(5)18-24/h7-9,11,13-18H,1,4,10,12H2,2-3,5-6H3/b19-8-,23-17+. The van der Waals surface area contributed by atoms with Crippen molar-refractivity contribution in [1.82, 2.24) is 0 Å². The molecule has 0 amide bonds. The van der Waals surface area contributed by atoms with Gasteiger partial charge >= 0.3 is 0 Å². The van der Waals surface area contributed by atoms with Crippen LogP contribution in [0.3, 0.4) is 0 Å². The van der Waals surface area contributed by atoms with E-state index in [-0.39, 0.29) is 0 Å². The van der Waals surface area contributed by atoms with Gasteiger partial charge in [-0.1, -0.05) is 79.4 Å². The Balaban J connectivity index is 2.03. The van der Waals surface area contributed by atoms with Crippen LogP contribution in [-0.4, -0.2) is 0 Å². The molecule has 0 saturated carbocycles. The molecule has 134 valence electrons. The van der Waals surface area contributed by atoms with Gasteiger partial charge in [-0.3, -0.25) is 0 Å². The van der Waals surface area contributed by atoms with Gasteiger partial charge in [0.2, 0.25) is 0 Å². The van der Waals surface area contributed by atoms with Crippen molar-refractivity contribution in [2.75, 3.05) is 0 Å². The summed E-state index contributed by atoms with van der Waals surface area (Å²) < 4.78 is 0. The van der Waals surface area contributed by atoms with Crippen LogP contribution in [0, 0.1) is 13.8 Å². The van der Waals surface area contributed by atoms with Crippen LogP contribution in [-0.2, 0) is 6.42 Å². The Morgan fingerprint density at radius 1 is 0.923 bits per heavy atom.